The zero-order chi connectivity index (χ0) is 15.8. The molecular formula is C15H19N7S. The molecule has 8 heteroatoms. The third kappa shape index (κ3) is 2.74. The summed E-state index contributed by atoms with van der Waals surface area (Å²) in [7, 11) is 0. The standard InChI is InChI=1S/C15H19N7S/c1-23-7-5-17-15-18-14(16)13-10(4-6-22(13)21-15)12-8-11(19-20-12)9-2-3-9/h4,6,8-9H,2-3,5,7H2,1H3,(H,19,20)(H3,16,17,18,21). The predicted octanol–water partition coefficient (Wildman–Crippen LogP) is 2.35. The van der Waals surface area contributed by atoms with Crippen molar-refractivity contribution in [3.63, 3.8) is 0 Å². The average Bonchev–Trinajstić information content (AvgIpc) is 3.11. The number of anilines is 2. The molecule has 4 N–H and O–H groups in total. The number of aromatic amines is 1. The molecular weight excluding hydrogens is 310 g/mol. The molecule has 3 aromatic rings. The highest BCUT2D eigenvalue weighted by Gasteiger charge is 2.26. The molecule has 0 aliphatic heterocycles. The van der Waals surface area contributed by atoms with Crippen LogP contribution in [0.15, 0.2) is 18.3 Å². The minimum Gasteiger partial charge on any atom is -0.382 e. The van der Waals surface area contributed by atoms with Gasteiger partial charge in [0.25, 0.3) is 0 Å². The van der Waals surface area contributed by atoms with E-state index in [1.807, 2.05) is 12.3 Å². The molecule has 1 aliphatic rings. The smallest absolute Gasteiger partial charge is 0.243 e. The third-order valence-electron chi connectivity index (χ3n) is 4.01. The van der Waals surface area contributed by atoms with Gasteiger partial charge >= 0.3 is 0 Å². The number of H-pyrrole nitrogens is 1. The molecule has 0 spiro atoms. The van der Waals surface area contributed by atoms with Crippen LogP contribution in [0, 0.1) is 0 Å². The number of nitrogens with zero attached hydrogens (tertiary/aromatic N) is 4. The zero-order valence-corrected chi connectivity index (χ0v) is 13.7. The van der Waals surface area contributed by atoms with Gasteiger partial charge in [0.15, 0.2) is 5.82 Å². The van der Waals surface area contributed by atoms with Crippen molar-refractivity contribution in [2.75, 3.05) is 29.6 Å². The van der Waals surface area contributed by atoms with Crippen LogP contribution >= 0.6 is 11.8 Å². The lowest BCUT2D eigenvalue weighted by molar-refractivity contribution is 0.903. The van der Waals surface area contributed by atoms with Crippen LogP contribution in [0.4, 0.5) is 11.8 Å². The van der Waals surface area contributed by atoms with Gasteiger partial charge in [-0.3, -0.25) is 5.10 Å². The first-order chi connectivity index (χ1) is 11.3. The summed E-state index contributed by atoms with van der Waals surface area (Å²) < 4.78 is 1.77. The van der Waals surface area contributed by atoms with Crippen molar-refractivity contribution in [2.24, 2.45) is 0 Å². The minimum atomic E-state index is 0.467. The number of rotatable bonds is 6. The van der Waals surface area contributed by atoms with E-state index in [-0.39, 0.29) is 0 Å². The highest BCUT2D eigenvalue weighted by molar-refractivity contribution is 7.98. The van der Waals surface area contributed by atoms with Crippen molar-refractivity contribution < 1.29 is 0 Å². The minimum absolute atomic E-state index is 0.467. The van der Waals surface area contributed by atoms with Gasteiger partial charge in [-0.1, -0.05) is 0 Å². The van der Waals surface area contributed by atoms with Crippen LogP contribution in [0.3, 0.4) is 0 Å². The summed E-state index contributed by atoms with van der Waals surface area (Å²) in [6.07, 6.45) is 6.44. The van der Waals surface area contributed by atoms with E-state index in [0.717, 1.165) is 34.8 Å². The van der Waals surface area contributed by atoms with Crippen LogP contribution in [0.2, 0.25) is 0 Å². The lowest BCUT2D eigenvalue weighted by Crippen LogP contribution is -2.11. The summed E-state index contributed by atoms with van der Waals surface area (Å²) in [4.78, 5) is 4.38. The van der Waals surface area contributed by atoms with Crippen molar-refractivity contribution in [1.29, 1.82) is 0 Å². The van der Waals surface area contributed by atoms with Crippen molar-refractivity contribution in [3.05, 3.63) is 24.0 Å². The largest absolute Gasteiger partial charge is 0.382 e. The average molecular weight is 329 g/mol. The summed E-state index contributed by atoms with van der Waals surface area (Å²) in [6, 6.07) is 4.10. The maximum atomic E-state index is 6.17. The maximum Gasteiger partial charge on any atom is 0.243 e. The number of aromatic nitrogens is 5. The van der Waals surface area contributed by atoms with Crippen LogP contribution in [0.1, 0.15) is 24.5 Å². The SMILES string of the molecule is CSCCNc1nc(N)c2c(-c3cc(C4CC4)n[nH]3)ccn2n1. The Kier molecular flexibility index (Phi) is 3.60. The van der Waals surface area contributed by atoms with Crippen molar-refractivity contribution in [3.8, 4) is 11.3 Å². The molecule has 0 aromatic carbocycles. The highest BCUT2D eigenvalue weighted by Crippen LogP contribution is 2.40. The first-order valence-electron chi connectivity index (χ1n) is 7.69. The van der Waals surface area contributed by atoms with Crippen LogP contribution in [-0.4, -0.2) is 43.3 Å². The normalized spacial score (nSPS) is 14.5. The van der Waals surface area contributed by atoms with Gasteiger partial charge in [0.1, 0.15) is 5.52 Å². The molecule has 3 aromatic heterocycles. The Labute approximate surface area is 138 Å². The third-order valence-corrected chi connectivity index (χ3v) is 4.62. The molecule has 7 nitrogen and oxygen atoms in total. The number of nitrogens with one attached hydrogen (secondary N) is 2. The topological polar surface area (TPSA) is 96.9 Å². The quantitative estimate of drug-likeness (QED) is 0.601. The molecule has 23 heavy (non-hydrogen) atoms. The molecule has 0 unspecified atom stereocenters. The second-order valence-electron chi connectivity index (χ2n) is 5.74. The maximum absolute atomic E-state index is 6.17. The predicted molar refractivity (Wildman–Crippen MR) is 93.8 cm³/mol. The molecule has 0 atom stereocenters. The number of thioether (sulfide) groups is 1. The molecule has 1 fully saturated rings. The second kappa shape index (κ2) is 5.77. The van der Waals surface area contributed by atoms with Gasteiger partial charge in [0, 0.05) is 30.0 Å². The highest BCUT2D eigenvalue weighted by atomic mass is 32.2. The molecule has 4 rings (SSSR count). The van der Waals surface area contributed by atoms with Crippen LogP contribution in [0.5, 0.6) is 0 Å². The first-order valence-corrected chi connectivity index (χ1v) is 9.09. The summed E-state index contributed by atoms with van der Waals surface area (Å²) in [5.74, 6) is 2.63. The van der Waals surface area contributed by atoms with Crippen LogP contribution in [0.25, 0.3) is 16.8 Å². The molecule has 3 heterocycles. The van der Waals surface area contributed by atoms with E-state index in [1.165, 1.54) is 12.8 Å². The van der Waals surface area contributed by atoms with Gasteiger partial charge in [0.2, 0.25) is 5.95 Å². The Bertz CT molecular complexity index is 834. The number of hydrogen-bond donors (Lipinski definition) is 3. The van der Waals surface area contributed by atoms with Crippen LogP contribution < -0.4 is 11.1 Å². The van der Waals surface area contributed by atoms with E-state index in [2.05, 4.69) is 37.9 Å². The monoisotopic (exact) mass is 329 g/mol. The van der Waals surface area contributed by atoms with E-state index in [0.29, 0.717) is 17.7 Å². The van der Waals surface area contributed by atoms with Crippen LogP contribution in [-0.2, 0) is 0 Å². The van der Waals surface area contributed by atoms with Crippen molar-refractivity contribution in [2.45, 2.75) is 18.8 Å². The molecule has 0 radical (unpaired) electrons. The van der Waals surface area contributed by atoms with Gasteiger partial charge in [-0.2, -0.15) is 21.8 Å². The Hall–Kier alpha value is -2.22. The van der Waals surface area contributed by atoms with Crippen molar-refractivity contribution >= 4 is 29.0 Å². The van der Waals surface area contributed by atoms with Gasteiger partial charge in [-0.25, -0.2) is 4.52 Å². The first kappa shape index (κ1) is 14.4. The summed E-state index contributed by atoms with van der Waals surface area (Å²) >= 11 is 1.77. The van der Waals surface area contributed by atoms with E-state index < -0.39 is 0 Å². The van der Waals surface area contributed by atoms with Crippen molar-refractivity contribution in [1.82, 2.24) is 24.8 Å². The van der Waals surface area contributed by atoms with E-state index in [1.54, 1.807) is 16.3 Å². The van der Waals surface area contributed by atoms with Gasteiger partial charge in [-0.05, 0) is 31.2 Å². The molecule has 1 saturated carbocycles. The number of nitrogen functional groups attached to an aromatic ring is 1. The second-order valence-corrected chi connectivity index (χ2v) is 6.73. The Morgan fingerprint density at radius 2 is 2.35 bits per heavy atom. The molecule has 0 saturated heterocycles. The molecule has 0 amide bonds. The van der Waals surface area contributed by atoms with Gasteiger partial charge < -0.3 is 11.1 Å². The summed E-state index contributed by atoms with van der Waals surface area (Å²) in [6.45, 7) is 0.811. The van der Waals surface area contributed by atoms with E-state index in [4.69, 9.17) is 5.73 Å². The summed E-state index contributed by atoms with van der Waals surface area (Å²) in [5, 5.41) is 15.2. The van der Waals surface area contributed by atoms with Gasteiger partial charge in [0.05, 0.1) is 11.4 Å². The molecule has 0 bridgehead atoms. The number of nitrogens with two attached hydrogens (primary N) is 1. The molecule has 1 aliphatic carbocycles. The number of fused-ring (bicyclic) bond motifs is 1. The zero-order valence-electron chi connectivity index (χ0n) is 12.9. The number of hydrogen-bond acceptors (Lipinski definition) is 6. The Balaban J connectivity index is 1.67. The Morgan fingerprint density at radius 3 is 3.13 bits per heavy atom. The van der Waals surface area contributed by atoms with E-state index >= 15 is 0 Å². The van der Waals surface area contributed by atoms with Gasteiger partial charge in [-0.15, -0.1) is 5.10 Å². The fraction of sp³-hybridized carbons (Fsp3) is 0.400. The molecule has 120 valence electrons. The van der Waals surface area contributed by atoms with E-state index in [9.17, 15) is 0 Å². The fourth-order valence-corrected chi connectivity index (χ4v) is 2.98. The summed E-state index contributed by atoms with van der Waals surface area (Å²) in [5.41, 5.74) is 10.1. The lowest BCUT2D eigenvalue weighted by Gasteiger charge is -2.06. The fourth-order valence-electron chi connectivity index (χ4n) is 2.67. The Morgan fingerprint density at radius 1 is 1.48 bits per heavy atom. The lowest BCUT2D eigenvalue weighted by atomic mass is 10.1.